The number of amides is 2. The van der Waals surface area contributed by atoms with E-state index < -0.39 is 11.8 Å². The molecule has 6 heteroatoms. The van der Waals surface area contributed by atoms with Gasteiger partial charge >= 0.3 is 11.8 Å². The van der Waals surface area contributed by atoms with Crippen molar-refractivity contribution in [1.82, 2.24) is 10.2 Å². The Balaban J connectivity index is 3.92. The molecular formula is C8H13N3O3. The first kappa shape index (κ1) is 12.4. The van der Waals surface area contributed by atoms with Gasteiger partial charge in [-0.3, -0.25) is 9.59 Å². The lowest BCUT2D eigenvalue weighted by atomic mass is 10.4. The van der Waals surface area contributed by atoms with Gasteiger partial charge in [0.2, 0.25) is 0 Å². The van der Waals surface area contributed by atoms with Crippen LogP contribution in [0.5, 0.6) is 0 Å². The molecule has 0 aliphatic heterocycles. The predicted octanol–water partition coefficient (Wildman–Crippen LogP) is -1.27. The Kier molecular flexibility index (Phi) is 6.07. The van der Waals surface area contributed by atoms with Gasteiger partial charge in [0.25, 0.3) is 0 Å². The molecule has 0 saturated carbocycles. The van der Waals surface area contributed by atoms with Crippen molar-refractivity contribution in [2.45, 2.75) is 0 Å². The van der Waals surface area contributed by atoms with Crippen molar-refractivity contribution in [3.8, 4) is 6.07 Å². The molecule has 0 spiro atoms. The summed E-state index contributed by atoms with van der Waals surface area (Å²) in [5, 5.41) is 10.3. The molecule has 0 aliphatic rings. The van der Waals surface area contributed by atoms with E-state index in [1.807, 2.05) is 0 Å². The van der Waals surface area contributed by atoms with E-state index in [9.17, 15) is 9.59 Å². The zero-order chi connectivity index (χ0) is 11.0. The molecular weight excluding hydrogens is 186 g/mol. The number of hydrogen-bond acceptors (Lipinski definition) is 4. The molecule has 2 amide bonds. The van der Waals surface area contributed by atoms with Gasteiger partial charge in [0, 0.05) is 20.7 Å². The largest absolute Gasteiger partial charge is 0.383 e. The molecule has 0 radical (unpaired) electrons. The van der Waals surface area contributed by atoms with Crippen molar-refractivity contribution in [3.63, 3.8) is 0 Å². The van der Waals surface area contributed by atoms with Gasteiger partial charge < -0.3 is 15.0 Å². The first-order chi connectivity index (χ1) is 6.63. The minimum Gasteiger partial charge on any atom is -0.383 e. The highest BCUT2D eigenvalue weighted by molar-refractivity contribution is 6.34. The van der Waals surface area contributed by atoms with E-state index in [4.69, 9.17) is 10.00 Å². The van der Waals surface area contributed by atoms with Gasteiger partial charge in [-0.1, -0.05) is 0 Å². The van der Waals surface area contributed by atoms with Gasteiger partial charge in [0.05, 0.1) is 12.7 Å². The number of nitriles is 1. The summed E-state index contributed by atoms with van der Waals surface area (Å²) in [6.07, 6.45) is 0. The maximum Gasteiger partial charge on any atom is 0.311 e. The summed E-state index contributed by atoms with van der Waals surface area (Å²) < 4.78 is 4.75. The normalized spacial score (nSPS) is 8.93. The van der Waals surface area contributed by atoms with Crippen molar-refractivity contribution >= 4 is 11.8 Å². The molecule has 0 aromatic heterocycles. The summed E-state index contributed by atoms with van der Waals surface area (Å²) in [7, 11) is 3.00. The van der Waals surface area contributed by atoms with Crippen LogP contribution in [0.4, 0.5) is 0 Å². The molecule has 1 N–H and O–H groups in total. The van der Waals surface area contributed by atoms with Crippen LogP contribution in [-0.2, 0) is 14.3 Å². The zero-order valence-corrected chi connectivity index (χ0v) is 8.24. The third kappa shape index (κ3) is 4.42. The highest BCUT2D eigenvalue weighted by Crippen LogP contribution is 1.85. The van der Waals surface area contributed by atoms with Crippen molar-refractivity contribution in [3.05, 3.63) is 0 Å². The molecule has 0 atom stereocenters. The molecule has 0 heterocycles. The molecule has 0 aromatic rings. The number of nitrogens with one attached hydrogen (secondary N) is 1. The third-order valence-corrected chi connectivity index (χ3v) is 1.50. The van der Waals surface area contributed by atoms with Crippen LogP contribution in [0.25, 0.3) is 0 Å². The summed E-state index contributed by atoms with van der Waals surface area (Å²) in [5.41, 5.74) is 0. The van der Waals surface area contributed by atoms with Gasteiger partial charge in [0.15, 0.2) is 0 Å². The molecule has 6 nitrogen and oxygen atoms in total. The van der Waals surface area contributed by atoms with Crippen LogP contribution in [0.2, 0.25) is 0 Å². The molecule has 0 aromatic carbocycles. The molecule has 0 bridgehead atoms. The fourth-order valence-corrected chi connectivity index (χ4v) is 0.699. The van der Waals surface area contributed by atoms with Gasteiger partial charge in [-0.2, -0.15) is 5.26 Å². The van der Waals surface area contributed by atoms with Gasteiger partial charge in [0.1, 0.15) is 6.54 Å². The predicted molar refractivity (Wildman–Crippen MR) is 48.1 cm³/mol. The summed E-state index contributed by atoms with van der Waals surface area (Å²) in [4.78, 5) is 23.4. The second-order valence-electron chi connectivity index (χ2n) is 2.56. The maximum absolute atomic E-state index is 11.2. The van der Waals surface area contributed by atoms with E-state index in [2.05, 4.69) is 5.32 Å². The fraction of sp³-hybridized carbons (Fsp3) is 0.625. The molecule has 0 rings (SSSR count). The standard InChI is InChI=1S/C8H13N3O3/c1-11(5-6-14-2)8(13)7(12)10-4-3-9/h4-6H2,1-2H3,(H,10,12). The number of ether oxygens (including phenoxy) is 1. The van der Waals surface area contributed by atoms with Gasteiger partial charge in [-0.05, 0) is 0 Å². The van der Waals surface area contributed by atoms with Crippen LogP contribution in [0.3, 0.4) is 0 Å². The quantitative estimate of drug-likeness (QED) is 0.452. The van der Waals surface area contributed by atoms with Crippen molar-refractivity contribution < 1.29 is 14.3 Å². The molecule has 0 aliphatic carbocycles. The minimum atomic E-state index is -0.773. The second kappa shape index (κ2) is 6.86. The molecule has 78 valence electrons. The van der Waals surface area contributed by atoms with Crippen LogP contribution < -0.4 is 5.32 Å². The Morgan fingerprint density at radius 3 is 2.71 bits per heavy atom. The van der Waals surface area contributed by atoms with Crippen molar-refractivity contribution in [2.24, 2.45) is 0 Å². The van der Waals surface area contributed by atoms with Gasteiger partial charge in [-0.25, -0.2) is 0 Å². The topological polar surface area (TPSA) is 82.4 Å². The lowest BCUT2D eigenvalue weighted by molar-refractivity contribution is -0.145. The van der Waals surface area contributed by atoms with Crippen LogP contribution in [0.15, 0.2) is 0 Å². The second-order valence-corrected chi connectivity index (χ2v) is 2.56. The minimum absolute atomic E-state index is 0.164. The van der Waals surface area contributed by atoms with E-state index in [-0.39, 0.29) is 6.54 Å². The van der Waals surface area contributed by atoms with Crippen LogP contribution in [0.1, 0.15) is 0 Å². The number of hydrogen-bond donors (Lipinski definition) is 1. The average molecular weight is 199 g/mol. The summed E-state index contributed by atoms with van der Waals surface area (Å²) >= 11 is 0. The SMILES string of the molecule is COCCN(C)C(=O)C(=O)NCC#N. The maximum atomic E-state index is 11.2. The third-order valence-electron chi connectivity index (χ3n) is 1.50. The average Bonchev–Trinajstić information content (AvgIpc) is 2.21. The fourth-order valence-electron chi connectivity index (χ4n) is 0.699. The number of nitrogens with zero attached hydrogens (tertiary/aromatic N) is 2. The summed E-state index contributed by atoms with van der Waals surface area (Å²) in [6.45, 7) is 0.547. The number of likely N-dealkylation sites (N-methyl/N-ethyl adjacent to an activating group) is 1. The van der Waals surface area contributed by atoms with Crippen LogP contribution >= 0.6 is 0 Å². The Bertz CT molecular complexity index is 247. The number of carbonyl (C=O) groups excluding carboxylic acids is 2. The first-order valence-corrected chi connectivity index (χ1v) is 4.02. The van der Waals surface area contributed by atoms with E-state index >= 15 is 0 Å². The van der Waals surface area contributed by atoms with Crippen molar-refractivity contribution in [2.75, 3.05) is 33.9 Å². The van der Waals surface area contributed by atoms with E-state index in [1.54, 1.807) is 6.07 Å². The zero-order valence-electron chi connectivity index (χ0n) is 8.24. The van der Waals surface area contributed by atoms with E-state index in [0.717, 1.165) is 0 Å². The number of rotatable bonds is 4. The lowest BCUT2D eigenvalue weighted by Gasteiger charge is -2.15. The van der Waals surface area contributed by atoms with Crippen molar-refractivity contribution in [1.29, 1.82) is 5.26 Å². The van der Waals surface area contributed by atoms with Gasteiger partial charge in [-0.15, -0.1) is 0 Å². The lowest BCUT2D eigenvalue weighted by Crippen LogP contribution is -2.42. The number of carbonyl (C=O) groups is 2. The highest BCUT2D eigenvalue weighted by Gasteiger charge is 2.17. The molecule has 0 unspecified atom stereocenters. The molecule has 0 saturated heterocycles. The first-order valence-electron chi connectivity index (χ1n) is 4.02. The Hall–Kier alpha value is -1.61. The smallest absolute Gasteiger partial charge is 0.311 e. The summed E-state index contributed by atoms with van der Waals surface area (Å²) in [6, 6.07) is 1.71. The Morgan fingerprint density at radius 2 is 2.21 bits per heavy atom. The Labute approximate surface area is 82.4 Å². The van der Waals surface area contributed by atoms with Crippen LogP contribution in [-0.4, -0.2) is 50.6 Å². The molecule has 14 heavy (non-hydrogen) atoms. The monoisotopic (exact) mass is 199 g/mol. The van der Waals surface area contributed by atoms with Crippen LogP contribution in [0, 0.1) is 11.3 Å². The summed E-state index contributed by atoms with van der Waals surface area (Å²) in [5.74, 6) is -1.44. The number of methoxy groups -OCH3 is 1. The van der Waals surface area contributed by atoms with E-state index in [1.165, 1.54) is 19.1 Å². The molecule has 0 fully saturated rings. The highest BCUT2D eigenvalue weighted by atomic mass is 16.5. The Morgan fingerprint density at radius 1 is 1.57 bits per heavy atom. The van der Waals surface area contributed by atoms with E-state index in [0.29, 0.717) is 13.2 Å².